The highest BCUT2D eigenvalue weighted by atomic mass is 16.5. The van der Waals surface area contributed by atoms with Gasteiger partial charge in [-0.2, -0.15) is 0 Å². The molecule has 2 aromatic rings. The second-order valence-corrected chi connectivity index (χ2v) is 4.43. The molecule has 0 saturated heterocycles. The van der Waals surface area contributed by atoms with Crippen LogP contribution in [0.2, 0.25) is 0 Å². The summed E-state index contributed by atoms with van der Waals surface area (Å²) in [5.41, 5.74) is -0.479. The standard InChI is InChI=1S/C13H16N2O4/c1-4-19-13(18)10-11(16)9-6-5-7-14(9)15(8(2)3)12(10)17/h5-8,16H,4H2,1-3H3. The molecular formula is C13H16N2O4. The highest BCUT2D eigenvalue weighted by Gasteiger charge is 2.24. The Morgan fingerprint density at radius 1 is 1.47 bits per heavy atom. The first-order chi connectivity index (χ1) is 8.99. The van der Waals surface area contributed by atoms with Gasteiger partial charge in [0.2, 0.25) is 0 Å². The monoisotopic (exact) mass is 264 g/mol. The maximum Gasteiger partial charge on any atom is 0.347 e. The van der Waals surface area contributed by atoms with E-state index in [9.17, 15) is 14.7 Å². The van der Waals surface area contributed by atoms with Crippen molar-refractivity contribution < 1.29 is 14.6 Å². The van der Waals surface area contributed by atoms with Gasteiger partial charge in [0.15, 0.2) is 11.3 Å². The van der Waals surface area contributed by atoms with E-state index in [1.54, 1.807) is 25.3 Å². The van der Waals surface area contributed by atoms with Crippen LogP contribution < -0.4 is 5.56 Å². The Labute approximate surface area is 109 Å². The number of nitrogens with zero attached hydrogens (tertiary/aromatic N) is 2. The van der Waals surface area contributed by atoms with E-state index in [0.29, 0.717) is 5.52 Å². The average molecular weight is 264 g/mol. The van der Waals surface area contributed by atoms with Crippen molar-refractivity contribution in [2.45, 2.75) is 26.8 Å². The van der Waals surface area contributed by atoms with E-state index >= 15 is 0 Å². The van der Waals surface area contributed by atoms with E-state index in [2.05, 4.69) is 0 Å². The second kappa shape index (κ2) is 4.79. The SMILES string of the molecule is CCOC(=O)c1c(O)c2cccn2n(C(C)C)c1=O. The third kappa shape index (κ3) is 1.99. The zero-order valence-electron chi connectivity index (χ0n) is 11.1. The fourth-order valence-corrected chi connectivity index (χ4v) is 2.06. The lowest BCUT2D eigenvalue weighted by Gasteiger charge is -2.16. The number of carbonyl (C=O) groups is 1. The fourth-order valence-electron chi connectivity index (χ4n) is 2.06. The van der Waals surface area contributed by atoms with Crippen LogP contribution in [0.15, 0.2) is 23.1 Å². The summed E-state index contributed by atoms with van der Waals surface area (Å²) >= 11 is 0. The zero-order chi connectivity index (χ0) is 14.2. The first-order valence-electron chi connectivity index (χ1n) is 6.11. The molecule has 0 atom stereocenters. The number of esters is 1. The van der Waals surface area contributed by atoms with Crippen LogP contribution >= 0.6 is 0 Å². The molecule has 0 unspecified atom stereocenters. The molecule has 6 heteroatoms. The molecule has 1 N–H and O–H groups in total. The molecule has 19 heavy (non-hydrogen) atoms. The van der Waals surface area contributed by atoms with E-state index in [1.165, 1.54) is 9.20 Å². The molecular weight excluding hydrogens is 248 g/mol. The van der Waals surface area contributed by atoms with Gasteiger partial charge in [0.25, 0.3) is 5.56 Å². The molecule has 0 aliphatic carbocycles. The highest BCUT2D eigenvalue weighted by molar-refractivity contribution is 5.94. The van der Waals surface area contributed by atoms with Crippen LogP contribution in [0.3, 0.4) is 0 Å². The number of hydrogen-bond donors (Lipinski definition) is 1. The number of hydrogen-bond acceptors (Lipinski definition) is 4. The number of rotatable bonds is 3. The van der Waals surface area contributed by atoms with Crippen molar-refractivity contribution in [3.63, 3.8) is 0 Å². The predicted octanol–water partition coefficient (Wildman–Crippen LogP) is 1.56. The maximum atomic E-state index is 12.3. The van der Waals surface area contributed by atoms with Crippen molar-refractivity contribution in [1.29, 1.82) is 0 Å². The summed E-state index contributed by atoms with van der Waals surface area (Å²) in [5, 5.41) is 10.1. The van der Waals surface area contributed by atoms with Crippen molar-refractivity contribution in [3.8, 4) is 5.75 Å². The molecule has 0 saturated carbocycles. The third-order valence-electron chi connectivity index (χ3n) is 2.83. The Morgan fingerprint density at radius 3 is 2.74 bits per heavy atom. The van der Waals surface area contributed by atoms with E-state index in [0.717, 1.165) is 0 Å². The van der Waals surface area contributed by atoms with Crippen molar-refractivity contribution >= 4 is 11.5 Å². The van der Waals surface area contributed by atoms with Crippen LogP contribution in [0.5, 0.6) is 5.75 Å². The van der Waals surface area contributed by atoms with Gasteiger partial charge in [0, 0.05) is 12.2 Å². The Bertz CT molecular complexity index is 682. The van der Waals surface area contributed by atoms with Crippen LogP contribution in [0.1, 0.15) is 37.2 Å². The zero-order valence-corrected chi connectivity index (χ0v) is 11.1. The molecule has 0 aliphatic rings. The molecule has 2 aromatic heterocycles. The maximum absolute atomic E-state index is 12.3. The predicted molar refractivity (Wildman–Crippen MR) is 69.7 cm³/mol. The molecule has 0 amide bonds. The molecule has 0 aliphatic heterocycles. The average Bonchev–Trinajstić information content (AvgIpc) is 2.77. The van der Waals surface area contributed by atoms with E-state index in [-0.39, 0.29) is 24.0 Å². The number of ether oxygens (including phenoxy) is 1. The molecule has 0 bridgehead atoms. The molecule has 0 aromatic carbocycles. The number of carbonyl (C=O) groups excluding carboxylic acids is 1. The molecule has 2 heterocycles. The van der Waals surface area contributed by atoms with E-state index in [1.807, 2.05) is 13.8 Å². The van der Waals surface area contributed by atoms with Crippen molar-refractivity contribution in [1.82, 2.24) is 9.20 Å². The number of aromatic hydroxyl groups is 1. The minimum absolute atomic E-state index is 0.144. The molecule has 6 nitrogen and oxygen atoms in total. The van der Waals surface area contributed by atoms with E-state index < -0.39 is 11.5 Å². The minimum Gasteiger partial charge on any atom is -0.505 e. The summed E-state index contributed by atoms with van der Waals surface area (Å²) in [5.74, 6) is -1.14. The molecule has 0 fully saturated rings. The Kier molecular flexibility index (Phi) is 3.33. The summed E-state index contributed by atoms with van der Waals surface area (Å²) in [7, 11) is 0. The quantitative estimate of drug-likeness (QED) is 0.854. The summed E-state index contributed by atoms with van der Waals surface area (Å²) in [4.78, 5) is 24.2. The first-order valence-corrected chi connectivity index (χ1v) is 6.11. The van der Waals surface area contributed by atoms with Gasteiger partial charge in [-0.05, 0) is 32.9 Å². The summed E-state index contributed by atoms with van der Waals surface area (Å²) in [6, 6.07) is 3.18. The van der Waals surface area contributed by atoms with Gasteiger partial charge in [-0.15, -0.1) is 0 Å². The van der Waals surface area contributed by atoms with Gasteiger partial charge >= 0.3 is 5.97 Å². The van der Waals surface area contributed by atoms with Gasteiger partial charge in [0.1, 0.15) is 5.52 Å². The molecule has 2 rings (SSSR count). The number of fused-ring (bicyclic) bond motifs is 1. The van der Waals surface area contributed by atoms with Gasteiger partial charge in [-0.25, -0.2) is 9.48 Å². The van der Waals surface area contributed by atoms with Gasteiger partial charge in [-0.3, -0.25) is 9.31 Å². The minimum atomic E-state index is -0.803. The van der Waals surface area contributed by atoms with Crippen LogP contribution in [0.4, 0.5) is 0 Å². The van der Waals surface area contributed by atoms with Crippen LogP contribution in [0.25, 0.3) is 5.52 Å². The topological polar surface area (TPSA) is 72.9 Å². The largest absolute Gasteiger partial charge is 0.505 e. The van der Waals surface area contributed by atoms with Gasteiger partial charge in [-0.1, -0.05) is 0 Å². The third-order valence-corrected chi connectivity index (χ3v) is 2.83. The normalized spacial score (nSPS) is 11.2. The van der Waals surface area contributed by atoms with E-state index in [4.69, 9.17) is 4.74 Å². The van der Waals surface area contributed by atoms with Gasteiger partial charge in [0.05, 0.1) is 6.61 Å². The molecule has 0 radical (unpaired) electrons. The Morgan fingerprint density at radius 2 is 2.16 bits per heavy atom. The summed E-state index contributed by atoms with van der Waals surface area (Å²) in [6.45, 7) is 5.44. The Balaban J connectivity index is 2.84. The second-order valence-electron chi connectivity index (χ2n) is 4.43. The first kappa shape index (κ1) is 13.2. The van der Waals surface area contributed by atoms with Crippen molar-refractivity contribution in [2.75, 3.05) is 6.61 Å². The molecule has 102 valence electrons. The lowest BCUT2D eigenvalue weighted by Crippen LogP contribution is -2.32. The summed E-state index contributed by atoms with van der Waals surface area (Å²) in [6.07, 6.45) is 1.66. The smallest absolute Gasteiger partial charge is 0.347 e. The lowest BCUT2D eigenvalue weighted by atomic mass is 10.2. The Hall–Kier alpha value is -2.24. The van der Waals surface area contributed by atoms with Crippen molar-refractivity contribution in [3.05, 3.63) is 34.2 Å². The van der Waals surface area contributed by atoms with Crippen LogP contribution in [-0.2, 0) is 4.74 Å². The fraction of sp³-hybridized carbons (Fsp3) is 0.385. The molecule has 0 spiro atoms. The lowest BCUT2D eigenvalue weighted by molar-refractivity contribution is 0.0519. The van der Waals surface area contributed by atoms with Crippen LogP contribution in [0, 0.1) is 0 Å². The van der Waals surface area contributed by atoms with Crippen LogP contribution in [-0.4, -0.2) is 26.9 Å². The van der Waals surface area contributed by atoms with Crippen molar-refractivity contribution in [2.24, 2.45) is 0 Å². The summed E-state index contributed by atoms with van der Waals surface area (Å²) < 4.78 is 7.77. The van der Waals surface area contributed by atoms with Gasteiger partial charge < -0.3 is 9.84 Å². The highest BCUT2D eigenvalue weighted by Crippen LogP contribution is 2.23. The number of aromatic nitrogens is 2.